The third-order valence-corrected chi connectivity index (χ3v) is 5.76. The molecule has 0 radical (unpaired) electrons. The number of aromatic nitrogens is 3. The molecule has 2 N–H and O–H groups in total. The van der Waals surface area contributed by atoms with Crippen molar-refractivity contribution < 1.29 is 8.42 Å². The highest BCUT2D eigenvalue weighted by molar-refractivity contribution is 7.91. The third-order valence-electron chi connectivity index (χ3n) is 3.99. The molecule has 1 saturated heterocycles. The molecule has 0 aliphatic carbocycles. The lowest BCUT2D eigenvalue weighted by Crippen LogP contribution is -2.22. The zero-order valence-electron chi connectivity index (χ0n) is 13.1. The number of nitrogens with zero attached hydrogens (tertiary/aromatic N) is 3. The first-order valence-corrected chi connectivity index (χ1v) is 9.25. The average Bonchev–Trinajstić information content (AvgIpc) is 2.83. The Hall–Kier alpha value is -2.22. The fourth-order valence-electron chi connectivity index (χ4n) is 2.54. The minimum atomic E-state index is -2.94. The number of sulfone groups is 1. The van der Waals surface area contributed by atoms with Gasteiger partial charge in [-0.05, 0) is 37.5 Å². The van der Waals surface area contributed by atoms with Gasteiger partial charge in [-0.1, -0.05) is 12.1 Å². The van der Waals surface area contributed by atoms with Gasteiger partial charge in [0.25, 0.3) is 0 Å². The molecule has 7 nitrogen and oxygen atoms in total. The molecule has 1 aliphatic rings. The molecule has 1 atom stereocenters. The maximum absolute atomic E-state index is 11.5. The van der Waals surface area contributed by atoms with E-state index in [2.05, 4.69) is 25.8 Å². The van der Waals surface area contributed by atoms with Crippen molar-refractivity contribution >= 4 is 27.3 Å². The summed E-state index contributed by atoms with van der Waals surface area (Å²) in [5.41, 5.74) is 3.29. The molecular weight excluding hydrogens is 314 g/mol. The van der Waals surface area contributed by atoms with Crippen molar-refractivity contribution in [3.8, 4) is 0 Å². The van der Waals surface area contributed by atoms with E-state index in [1.165, 1.54) is 5.56 Å². The molecule has 3 rings (SSSR count). The van der Waals surface area contributed by atoms with Gasteiger partial charge in [0.05, 0.1) is 17.7 Å². The minimum Gasteiger partial charge on any atom is -0.349 e. The van der Waals surface area contributed by atoms with Gasteiger partial charge in [-0.3, -0.25) is 0 Å². The summed E-state index contributed by atoms with van der Waals surface area (Å²) in [6.07, 6.45) is 2.11. The van der Waals surface area contributed by atoms with Crippen LogP contribution in [0.3, 0.4) is 0 Å². The Morgan fingerprint density at radius 1 is 1.26 bits per heavy atom. The topological polar surface area (TPSA) is 96.9 Å². The normalized spacial score (nSPS) is 19.5. The number of anilines is 3. The van der Waals surface area contributed by atoms with E-state index in [9.17, 15) is 8.42 Å². The van der Waals surface area contributed by atoms with Crippen molar-refractivity contribution in [2.75, 3.05) is 22.1 Å². The Morgan fingerprint density at radius 3 is 2.83 bits per heavy atom. The maximum Gasteiger partial charge on any atom is 0.244 e. The SMILES string of the molecule is Cc1cccc(Nc2cnnc(NC3CCS(=O)(=O)C3)n2)c1C. The van der Waals surface area contributed by atoms with Gasteiger partial charge in [-0.25, -0.2) is 8.42 Å². The highest BCUT2D eigenvalue weighted by Crippen LogP contribution is 2.22. The van der Waals surface area contributed by atoms with Gasteiger partial charge in [0.2, 0.25) is 5.95 Å². The third kappa shape index (κ3) is 3.76. The molecule has 0 amide bonds. The zero-order chi connectivity index (χ0) is 16.4. The van der Waals surface area contributed by atoms with Crippen LogP contribution in [-0.2, 0) is 9.84 Å². The number of aryl methyl sites for hydroxylation is 1. The van der Waals surface area contributed by atoms with Gasteiger partial charge in [0.1, 0.15) is 0 Å². The van der Waals surface area contributed by atoms with Crippen LogP contribution in [0.15, 0.2) is 24.4 Å². The van der Waals surface area contributed by atoms with Gasteiger partial charge in [0.15, 0.2) is 15.7 Å². The van der Waals surface area contributed by atoms with Crippen LogP contribution in [0.25, 0.3) is 0 Å². The predicted octanol–water partition coefficient (Wildman–Crippen LogP) is 1.83. The Labute approximate surface area is 135 Å². The van der Waals surface area contributed by atoms with Gasteiger partial charge < -0.3 is 10.6 Å². The second-order valence-corrected chi connectivity index (χ2v) is 8.01. The van der Waals surface area contributed by atoms with Crippen molar-refractivity contribution in [2.24, 2.45) is 0 Å². The summed E-state index contributed by atoms with van der Waals surface area (Å²) < 4.78 is 23.0. The lowest BCUT2D eigenvalue weighted by atomic mass is 10.1. The molecule has 8 heteroatoms. The zero-order valence-corrected chi connectivity index (χ0v) is 13.9. The van der Waals surface area contributed by atoms with E-state index < -0.39 is 9.84 Å². The van der Waals surface area contributed by atoms with Crippen LogP contribution in [0.5, 0.6) is 0 Å². The molecule has 1 unspecified atom stereocenters. The minimum absolute atomic E-state index is 0.116. The van der Waals surface area contributed by atoms with Crippen molar-refractivity contribution in [2.45, 2.75) is 26.3 Å². The first kappa shape index (κ1) is 15.7. The van der Waals surface area contributed by atoms with E-state index in [0.29, 0.717) is 18.2 Å². The largest absolute Gasteiger partial charge is 0.349 e. The molecule has 2 aromatic rings. The molecule has 1 fully saturated rings. The molecule has 2 heterocycles. The lowest BCUT2D eigenvalue weighted by Gasteiger charge is -2.13. The number of hydrogen-bond acceptors (Lipinski definition) is 7. The molecule has 1 aliphatic heterocycles. The summed E-state index contributed by atoms with van der Waals surface area (Å²) >= 11 is 0. The molecule has 0 spiro atoms. The summed E-state index contributed by atoms with van der Waals surface area (Å²) in [4.78, 5) is 4.36. The fraction of sp³-hybridized carbons (Fsp3) is 0.400. The second-order valence-electron chi connectivity index (χ2n) is 5.78. The highest BCUT2D eigenvalue weighted by atomic mass is 32.2. The van der Waals surface area contributed by atoms with E-state index in [1.54, 1.807) is 6.20 Å². The van der Waals surface area contributed by atoms with Crippen molar-refractivity contribution in [1.82, 2.24) is 15.2 Å². The molecule has 0 saturated carbocycles. The summed E-state index contributed by atoms with van der Waals surface area (Å²) in [7, 11) is -2.94. The summed E-state index contributed by atoms with van der Waals surface area (Å²) in [6.45, 7) is 4.08. The fourth-order valence-corrected chi connectivity index (χ4v) is 4.21. The number of benzene rings is 1. The molecule has 23 heavy (non-hydrogen) atoms. The van der Waals surface area contributed by atoms with Crippen LogP contribution in [0.2, 0.25) is 0 Å². The van der Waals surface area contributed by atoms with Crippen LogP contribution >= 0.6 is 0 Å². The molecule has 122 valence electrons. The quantitative estimate of drug-likeness (QED) is 0.881. The van der Waals surface area contributed by atoms with E-state index >= 15 is 0 Å². The molecule has 1 aromatic heterocycles. The molecular formula is C15H19N5O2S. The van der Waals surface area contributed by atoms with Gasteiger partial charge >= 0.3 is 0 Å². The smallest absolute Gasteiger partial charge is 0.244 e. The Bertz CT molecular complexity index is 822. The summed E-state index contributed by atoms with van der Waals surface area (Å²) in [5.74, 6) is 1.23. The maximum atomic E-state index is 11.5. The monoisotopic (exact) mass is 333 g/mol. The lowest BCUT2D eigenvalue weighted by molar-refractivity contribution is 0.602. The van der Waals surface area contributed by atoms with Crippen LogP contribution < -0.4 is 10.6 Å². The van der Waals surface area contributed by atoms with Gasteiger partial charge in [-0.2, -0.15) is 10.1 Å². The predicted molar refractivity (Wildman–Crippen MR) is 89.7 cm³/mol. The summed E-state index contributed by atoms with van der Waals surface area (Å²) in [6, 6.07) is 5.84. The molecule has 1 aromatic carbocycles. The van der Waals surface area contributed by atoms with Crippen LogP contribution in [0.1, 0.15) is 17.5 Å². The van der Waals surface area contributed by atoms with Crippen molar-refractivity contribution in [3.63, 3.8) is 0 Å². The first-order valence-electron chi connectivity index (χ1n) is 7.43. The number of rotatable bonds is 4. The Kier molecular flexibility index (Phi) is 4.16. The molecule has 0 bridgehead atoms. The van der Waals surface area contributed by atoms with Crippen LogP contribution in [0.4, 0.5) is 17.5 Å². The van der Waals surface area contributed by atoms with E-state index in [0.717, 1.165) is 11.3 Å². The van der Waals surface area contributed by atoms with E-state index in [4.69, 9.17) is 0 Å². The van der Waals surface area contributed by atoms with E-state index in [-0.39, 0.29) is 17.5 Å². The average molecular weight is 333 g/mol. The van der Waals surface area contributed by atoms with Crippen molar-refractivity contribution in [3.05, 3.63) is 35.5 Å². The van der Waals surface area contributed by atoms with Crippen molar-refractivity contribution in [1.29, 1.82) is 0 Å². The van der Waals surface area contributed by atoms with Gasteiger partial charge in [-0.15, -0.1) is 5.10 Å². The van der Waals surface area contributed by atoms with Crippen LogP contribution in [0, 0.1) is 13.8 Å². The first-order chi connectivity index (χ1) is 10.9. The Balaban J connectivity index is 1.74. The van der Waals surface area contributed by atoms with Crippen LogP contribution in [-0.4, -0.2) is 41.1 Å². The van der Waals surface area contributed by atoms with Gasteiger partial charge in [0, 0.05) is 11.7 Å². The number of hydrogen-bond donors (Lipinski definition) is 2. The van der Waals surface area contributed by atoms with E-state index in [1.807, 2.05) is 32.0 Å². The summed E-state index contributed by atoms with van der Waals surface area (Å²) in [5, 5.41) is 14.1. The second kappa shape index (κ2) is 6.11. The standard InChI is InChI=1S/C15H19N5O2S/c1-10-4-3-5-13(11(10)2)18-14-8-16-20-15(19-14)17-12-6-7-23(21,22)9-12/h3-5,8,12H,6-7,9H2,1-2H3,(H2,17,18,19,20). The highest BCUT2D eigenvalue weighted by Gasteiger charge is 2.28. The number of nitrogens with one attached hydrogen (secondary N) is 2. The Morgan fingerprint density at radius 2 is 2.09 bits per heavy atom.